The van der Waals surface area contributed by atoms with Crippen molar-refractivity contribution in [3.05, 3.63) is 64.1 Å². The molecule has 3 heterocycles. The third-order valence-electron chi connectivity index (χ3n) is 4.58. The lowest BCUT2D eigenvalue weighted by Gasteiger charge is -2.34. The Morgan fingerprint density at radius 2 is 1.85 bits per heavy atom. The summed E-state index contributed by atoms with van der Waals surface area (Å²) in [4.78, 5) is 9.28. The molecule has 0 amide bonds. The maximum atomic E-state index is 14.0. The van der Waals surface area contributed by atoms with Gasteiger partial charge >= 0.3 is 0 Å². The van der Waals surface area contributed by atoms with Crippen LogP contribution >= 0.6 is 22.9 Å². The van der Waals surface area contributed by atoms with E-state index in [4.69, 9.17) is 16.0 Å². The molecular weight excluding hydrogens is 373 g/mol. The van der Waals surface area contributed by atoms with Crippen LogP contribution in [0.25, 0.3) is 10.8 Å². The van der Waals surface area contributed by atoms with Crippen LogP contribution in [0.3, 0.4) is 0 Å². The van der Waals surface area contributed by atoms with Gasteiger partial charge in [0.15, 0.2) is 10.8 Å². The molecule has 26 heavy (non-hydrogen) atoms. The molecule has 3 aromatic rings. The van der Waals surface area contributed by atoms with Gasteiger partial charge < -0.3 is 4.42 Å². The first kappa shape index (κ1) is 17.7. The van der Waals surface area contributed by atoms with Crippen LogP contribution in [0, 0.1) is 5.82 Å². The summed E-state index contributed by atoms with van der Waals surface area (Å²) in [6.07, 6.45) is 1.66. The van der Waals surface area contributed by atoms with Crippen LogP contribution in [-0.2, 0) is 13.1 Å². The lowest BCUT2D eigenvalue weighted by Crippen LogP contribution is -2.45. The molecule has 1 aliphatic heterocycles. The Labute approximate surface area is 160 Å². The molecule has 0 saturated carbocycles. The Bertz CT molecular complexity index is 839. The number of thiazole rings is 1. The van der Waals surface area contributed by atoms with Crippen molar-refractivity contribution in [3.8, 4) is 10.8 Å². The topological polar surface area (TPSA) is 32.5 Å². The Morgan fingerprint density at radius 1 is 1.08 bits per heavy atom. The van der Waals surface area contributed by atoms with E-state index in [0.717, 1.165) is 49.2 Å². The molecule has 136 valence electrons. The normalized spacial score (nSPS) is 16.2. The second-order valence-corrected chi connectivity index (χ2v) is 7.64. The van der Waals surface area contributed by atoms with Crippen LogP contribution in [0.15, 0.2) is 46.4 Å². The van der Waals surface area contributed by atoms with Gasteiger partial charge in [-0.25, -0.2) is 9.37 Å². The first-order chi connectivity index (χ1) is 12.7. The van der Waals surface area contributed by atoms with Crippen LogP contribution in [0.2, 0.25) is 5.02 Å². The second-order valence-electron chi connectivity index (χ2n) is 6.37. The summed E-state index contributed by atoms with van der Waals surface area (Å²) in [7, 11) is 0. The fourth-order valence-electron chi connectivity index (χ4n) is 3.13. The lowest BCUT2D eigenvalue weighted by atomic mass is 10.2. The molecule has 0 aliphatic carbocycles. The van der Waals surface area contributed by atoms with Crippen molar-refractivity contribution in [1.82, 2.24) is 14.8 Å². The van der Waals surface area contributed by atoms with Gasteiger partial charge in [-0.15, -0.1) is 11.3 Å². The largest absolute Gasteiger partial charge is 0.462 e. The van der Waals surface area contributed by atoms with Crippen molar-refractivity contribution in [2.45, 2.75) is 13.1 Å². The minimum atomic E-state index is -0.229. The minimum Gasteiger partial charge on any atom is -0.462 e. The highest BCUT2D eigenvalue weighted by Crippen LogP contribution is 2.25. The van der Waals surface area contributed by atoms with E-state index in [0.29, 0.717) is 17.1 Å². The molecular formula is C19H19ClFN3OS. The molecule has 0 N–H and O–H groups in total. The van der Waals surface area contributed by atoms with Crippen molar-refractivity contribution >= 4 is 22.9 Å². The number of rotatable bonds is 5. The third kappa shape index (κ3) is 3.99. The van der Waals surface area contributed by atoms with Gasteiger partial charge in [0.05, 0.1) is 12.0 Å². The highest BCUT2D eigenvalue weighted by atomic mass is 35.5. The smallest absolute Gasteiger partial charge is 0.162 e. The SMILES string of the molecule is Fc1cccc(Cl)c1CN1CCN(Cc2csc(-c3ccco3)n2)CC1. The molecule has 1 saturated heterocycles. The summed E-state index contributed by atoms with van der Waals surface area (Å²) in [6, 6.07) is 8.65. The maximum absolute atomic E-state index is 14.0. The van der Waals surface area contributed by atoms with Gasteiger partial charge in [0.1, 0.15) is 5.82 Å². The van der Waals surface area contributed by atoms with Gasteiger partial charge in [0.25, 0.3) is 0 Å². The van der Waals surface area contributed by atoms with E-state index in [9.17, 15) is 4.39 Å². The summed E-state index contributed by atoms with van der Waals surface area (Å²) < 4.78 is 19.4. The number of benzene rings is 1. The van der Waals surface area contributed by atoms with E-state index in [1.54, 1.807) is 29.7 Å². The predicted molar refractivity (Wildman–Crippen MR) is 102 cm³/mol. The maximum Gasteiger partial charge on any atom is 0.162 e. The van der Waals surface area contributed by atoms with Gasteiger partial charge in [-0.05, 0) is 24.3 Å². The molecule has 4 nitrogen and oxygen atoms in total. The van der Waals surface area contributed by atoms with Crippen molar-refractivity contribution in [1.29, 1.82) is 0 Å². The predicted octanol–water partition coefficient (Wildman–Crippen LogP) is 4.51. The molecule has 0 radical (unpaired) electrons. The number of hydrogen-bond acceptors (Lipinski definition) is 5. The number of hydrogen-bond donors (Lipinski definition) is 0. The fraction of sp³-hybridized carbons (Fsp3) is 0.316. The number of halogens is 2. The first-order valence-corrected chi connectivity index (χ1v) is 9.80. The standard InChI is InChI=1S/C19H19ClFN3OS/c20-16-3-1-4-17(21)15(16)12-24-8-6-23(7-9-24)11-14-13-26-19(22-14)18-5-2-10-25-18/h1-5,10,13H,6-9,11-12H2. The summed E-state index contributed by atoms with van der Waals surface area (Å²) in [5.41, 5.74) is 1.65. The zero-order valence-corrected chi connectivity index (χ0v) is 15.8. The average Bonchev–Trinajstić information content (AvgIpc) is 3.31. The summed E-state index contributed by atoms with van der Waals surface area (Å²) >= 11 is 7.74. The lowest BCUT2D eigenvalue weighted by molar-refractivity contribution is 0.120. The molecule has 0 bridgehead atoms. The summed E-state index contributed by atoms with van der Waals surface area (Å²) in [6.45, 7) is 5.02. The van der Waals surface area contributed by atoms with Crippen molar-refractivity contribution in [2.75, 3.05) is 26.2 Å². The van der Waals surface area contributed by atoms with Crippen molar-refractivity contribution in [2.24, 2.45) is 0 Å². The molecule has 1 fully saturated rings. The highest BCUT2D eigenvalue weighted by Gasteiger charge is 2.20. The zero-order valence-electron chi connectivity index (χ0n) is 14.2. The van der Waals surface area contributed by atoms with E-state index in [1.807, 2.05) is 12.1 Å². The van der Waals surface area contributed by atoms with Crippen molar-refractivity contribution in [3.63, 3.8) is 0 Å². The average molecular weight is 392 g/mol. The number of furan rings is 1. The molecule has 0 atom stereocenters. The van der Waals surface area contributed by atoms with Crippen LogP contribution < -0.4 is 0 Å². The molecule has 4 rings (SSSR count). The Balaban J connectivity index is 1.31. The van der Waals surface area contributed by atoms with E-state index in [1.165, 1.54) is 6.07 Å². The quantitative estimate of drug-likeness (QED) is 0.640. The van der Waals surface area contributed by atoms with Crippen LogP contribution in [-0.4, -0.2) is 41.0 Å². The van der Waals surface area contributed by atoms with E-state index in [-0.39, 0.29) is 5.82 Å². The van der Waals surface area contributed by atoms with Gasteiger partial charge in [-0.2, -0.15) is 0 Å². The summed E-state index contributed by atoms with van der Waals surface area (Å²) in [5.74, 6) is 0.584. The monoisotopic (exact) mass is 391 g/mol. The van der Waals surface area contributed by atoms with Crippen LogP contribution in [0.5, 0.6) is 0 Å². The second kappa shape index (κ2) is 7.88. The number of aromatic nitrogens is 1. The van der Waals surface area contributed by atoms with Gasteiger partial charge in [-0.3, -0.25) is 9.80 Å². The summed E-state index contributed by atoms with van der Waals surface area (Å²) in [5, 5.41) is 3.50. The zero-order chi connectivity index (χ0) is 17.9. The molecule has 0 spiro atoms. The molecule has 1 aromatic carbocycles. The third-order valence-corrected chi connectivity index (χ3v) is 5.84. The molecule has 0 unspecified atom stereocenters. The molecule has 7 heteroatoms. The first-order valence-electron chi connectivity index (χ1n) is 8.55. The van der Waals surface area contributed by atoms with Crippen LogP contribution in [0.4, 0.5) is 4.39 Å². The van der Waals surface area contributed by atoms with Gasteiger partial charge in [0.2, 0.25) is 0 Å². The van der Waals surface area contributed by atoms with Crippen molar-refractivity contribution < 1.29 is 8.81 Å². The number of piperazine rings is 1. The van der Waals surface area contributed by atoms with E-state index in [2.05, 4.69) is 20.2 Å². The Morgan fingerprint density at radius 3 is 2.54 bits per heavy atom. The van der Waals surface area contributed by atoms with E-state index >= 15 is 0 Å². The van der Waals surface area contributed by atoms with E-state index < -0.39 is 0 Å². The minimum absolute atomic E-state index is 0.229. The fourth-order valence-corrected chi connectivity index (χ4v) is 4.13. The Kier molecular flexibility index (Phi) is 5.36. The Hall–Kier alpha value is -1.73. The highest BCUT2D eigenvalue weighted by molar-refractivity contribution is 7.13. The molecule has 2 aromatic heterocycles. The van der Waals surface area contributed by atoms with Gasteiger partial charge in [-0.1, -0.05) is 17.7 Å². The number of nitrogens with zero attached hydrogens (tertiary/aromatic N) is 3. The van der Waals surface area contributed by atoms with Crippen LogP contribution in [0.1, 0.15) is 11.3 Å². The molecule has 1 aliphatic rings. The van der Waals surface area contributed by atoms with Gasteiger partial charge in [0, 0.05) is 55.2 Å².